The predicted octanol–water partition coefficient (Wildman–Crippen LogP) is 2.60. The number of aromatic nitrogens is 4. The molecule has 3 aromatic heterocycles. The average molecular weight is 408 g/mol. The minimum absolute atomic E-state index is 0.0751. The maximum absolute atomic E-state index is 13.2. The number of methoxy groups -OCH3 is 2. The Bertz CT molecular complexity index is 1110. The number of carbonyl (C=O) groups is 1. The Labute approximate surface area is 174 Å². The van der Waals surface area contributed by atoms with Crippen LogP contribution in [-0.2, 0) is 13.1 Å². The molecule has 30 heavy (non-hydrogen) atoms. The first kappa shape index (κ1) is 19.7. The van der Waals surface area contributed by atoms with Gasteiger partial charge in [-0.1, -0.05) is 0 Å². The van der Waals surface area contributed by atoms with Crippen LogP contribution >= 0.6 is 0 Å². The standard InChI is InChI=1S/C21H24N6O3/c1-6-26-11-14(10-23-26)27-12-16-19(21(27)28)17(25(2)3)8-15(24-16)13-7-18(29-4)20(30-5)22-9-13/h7-11H,6,12H2,1-5H3. The molecule has 0 radical (unpaired) electrons. The Balaban J connectivity index is 1.79. The molecule has 1 aliphatic heterocycles. The summed E-state index contributed by atoms with van der Waals surface area (Å²) in [6, 6.07) is 3.73. The Morgan fingerprint density at radius 3 is 2.60 bits per heavy atom. The summed E-state index contributed by atoms with van der Waals surface area (Å²) >= 11 is 0. The largest absolute Gasteiger partial charge is 0.491 e. The smallest absolute Gasteiger partial charge is 0.262 e. The third-order valence-corrected chi connectivity index (χ3v) is 5.10. The van der Waals surface area contributed by atoms with Crippen LogP contribution < -0.4 is 19.3 Å². The fraction of sp³-hybridized carbons (Fsp3) is 0.333. The molecule has 0 aromatic carbocycles. The lowest BCUT2D eigenvalue weighted by Crippen LogP contribution is -2.23. The summed E-state index contributed by atoms with van der Waals surface area (Å²) in [5.74, 6) is 0.853. The first-order valence-corrected chi connectivity index (χ1v) is 9.60. The normalized spacial score (nSPS) is 12.8. The number of aryl methyl sites for hydroxylation is 1. The monoisotopic (exact) mass is 408 g/mol. The second kappa shape index (κ2) is 7.66. The van der Waals surface area contributed by atoms with Crippen molar-refractivity contribution in [2.24, 2.45) is 0 Å². The number of ether oxygens (including phenoxy) is 2. The number of hydrogen-bond donors (Lipinski definition) is 0. The van der Waals surface area contributed by atoms with Crippen molar-refractivity contribution in [3.8, 4) is 22.9 Å². The number of fused-ring (bicyclic) bond motifs is 1. The van der Waals surface area contributed by atoms with E-state index in [1.54, 1.807) is 36.2 Å². The Hall–Kier alpha value is -3.62. The van der Waals surface area contributed by atoms with E-state index >= 15 is 0 Å². The van der Waals surface area contributed by atoms with Gasteiger partial charge in [0.1, 0.15) is 0 Å². The molecular weight excluding hydrogens is 384 g/mol. The van der Waals surface area contributed by atoms with E-state index in [0.717, 1.165) is 29.2 Å². The van der Waals surface area contributed by atoms with E-state index in [0.29, 0.717) is 29.4 Å². The molecular formula is C21H24N6O3. The summed E-state index contributed by atoms with van der Waals surface area (Å²) in [7, 11) is 6.94. The zero-order valence-corrected chi connectivity index (χ0v) is 17.7. The quantitative estimate of drug-likeness (QED) is 0.620. The van der Waals surface area contributed by atoms with Gasteiger partial charge in [0.05, 0.1) is 55.3 Å². The molecule has 4 rings (SSSR count). The zero-order valence-electron chi connectivity index (χ0n) is 17.7. The van der Waals surface area contributed by atoms with Crippen LogP contribution in [-0.4, -0.2) is 54.0 Å². The van der Waals surface area contributed by atoms with E-state index in [1.165, 1.54) is 0 Å². The molecule has 0 spiro atoms. The van der Waals surface area contributed by atoms with Crippen molar-refractivity contribution < 1.29 is 14.3 Å². The molecule has 0 atom stereocenters. The van der Waals surface area contributed by atoms with Gasteiger partial charge in [0.25, 0.3) is 11.8 Å². The fourth-order valence-corrected chi connectivity index (χ4v) is 3.53. The van der Waals surface area contributed by atoms with Crippen molar-refractivity contribution in [2.75, 3.05) is 38.1 Å². The van der Waals surface area contributed by atoms with Gasteiger partial charge in [-0.3, -0.25) is 14.4 Å². The first-order chi connectivity index (χ1) is 14.5. The maximum Gasteiger partial charge on any atom is 0.262 e. The van der Waals surface area contributed by atoms with Gasteiger partial charge in [-0.15, -0.1) is 0 Å². The fourth-order valence-electron chi connectivity index (χ4n) is 3.53. The number of anilines is 2. The summed E-state index contributed by atoms with van der Waals surface area (Å²) in [5.41, 5.74) is 4.40. The molecule has 3 aromatic rings. The summed E-state index contributed by atoms with van der Waals surface area (Å²) in [6.07, 6.45) is 5.27. The third kappa shape index (κ3) is 3.22. The maximum atomic E-state index is 13.2. The van der Waals surface area contributed by atoms with Crippen LogP contribution in [0.3, 0.4) is 0 Å². The molecule has 156 valence electrons. The lowest BCUT2D eigenvalue weighted by atomic mass is 10.1. The van der Waals surface area contributed by atoms with Gasteiger partial charge in [-0.05, 0) is 19.1 Å². The number of rotatable bonds is 6. The van der Waals surface area contributed by atoms with Crippen LogP contribution in [0.15, 0.2) is 30.7 Å². The number of hydrogen-bond acceptors (Lipinski definition) is 7. The number of amides is 1. The molecule has 0 saturated carbocycles. The average Bonchev–Trinajstić information content (AvgIpc) is 3.36. The topological polar surface area (TPSA) is 85.6 Å². The molecule has 1 amide bonds. The van der Waals surface area contributed by atoms with E-state index in [2.05, 4.69) is 10.1 Å². The summed E-state index contributed by atoms with van der Waals surface area (Å²) in [5, 5.41) is 4.29. The second-order valence-corrected chi connectivity index (χ2v) is 7.12. The molecule has 0 N–H and O–H groups in total. The number of pyridine rings is 2. The second-order valence-electron chi connectivity index (χ2n) is 7.12. The van der Waals surface area contributed by atoms with Crippen molar-refractivity contribution in [3.63, 3.8) is 0 Å². The summed E-state index contributed by atoms with van der Waals surface area (Å²) in [6.45, 7) is 3.14. The van der Waals surface area contributed by atoms with Crippen molar-refractivity contribution in [1.29, 1.82) is 0 Å². The Kier molecular flexibility index (Phi) is 5.03. The molecule has 0 fully saturated rings. The summed E-state index contributed by atoms with van der Waals surface area (Å²) in [4.78, 5) is 26.0. The van der Waals surface area contributed by atoms with Crippen LogP contribution in [0.1, 0.15) is 23.0 Å². The minimum atomic E-state index is -0.0751. The van der Waals surface area contributed by atoms with Crippen molar-refractivity contribution in [1.82, 2.24) is 19.7 Å². The van der Waals surface area contributed by atoms with Crippen LogP contribution in [0.2, 0.25) is 0 Å². The van der Waals surface area contributed by atoms with Gasteiger partial charge in [0.15, 0.2) is 5.75 Å². The SMILES string of the molecule is CCn1cc(N2Cc3nc(-c4cnc(OC)c(OC)c4)cc(N(C)C)c3C2=O)cn1. The predicted molar refractivity (Wildman–Crippen MR) is 113 cm³/mol. The first-order valence-electron chi connectivity index (χ1n) is 9.60. The van der Waals surface area contributed by atoms with Crippen LogP contribution in [0.4, 0.5) is 11.4 Å². The minimum Gasteiger partial charge on any atom is -0.491 e. The van der Waals surface area contributed by atoms with Gasteiger partial charge < -0.3 is 14.4 Å². The summed E-state index contributed by atoms with van der Waals surface area (Å²) < 4.78 is 12.4. The van der Waals surface area contributed by atoms with Gasteiger partial charge in [-0.2, -0.15) is 5.10 Å². The lowest BCUT2D eigenvalue weighted by molar-refractivity contribution is 0.0997. The molecule has 9 heteroatoms. The lowest BCUT2D eigenvalue weighted by Gasteiger charge is -2.18. The molecule has 9 nitrogen and oxygen atoms in total. The van der Waals surface area contributed by atoms with E-state index in [-0.39, 0.29) is 5.91 Å². The highest BCUT2D eigenvalue weighted by atomic mass is 16.5. The van der Waals surface area contributed by atoms with Gasteiger partial charge in [0, 0.05) is 38.6 Å². The zero-order chi connectivity index (χ0) is 21.4. The molecule has 0 unspecified atom stereocenters. The molecule has 1 aliphatic rings. The highest BCUT2D eigenvalue weighted by molar-refractivity contribution is 6.13. The van der Waals surface area contributed by atoms with E-state index < -0.39 is 0 Å². The van der Waals surface area contributed by atoms with Crippen LogP contribution in [0.5, 0.6) is 11.6 Å². The van der Waals surface area contributed by atoms with Crippen molar-refractivity contribution in [2.45, 2.75) is 20.0 Å². The molecule has 0 saturated heterocycles. The van der Waals surface area contributed by atoms with E-state index in [9.17, 15) is 4.79 Å². The van der Waals surface area contributed by atoms with Crippen molar-refractivity contribution in [3.05, 3.63) is 42.0 Å². The Morgan fingerprint density at radius 1 is 1.17 bits per heavy atom. The van der Waals surface area contributed by atoms with Crippen LogP contribution in [0, 0.1) is 0 Å². The van der Waals surface area contributed by atoms with Crippen molar-refractivity contribution >= 4 is 17.3 Å². The third-order valence-electron chi connectivity index (χ3n) is 5.10. The van der Waals surface area contributed by atoms with Gasteiger partial charge in [-0.25, -0.2) is 9.97 Å². The molecule has 0 aliphatic carbocycles. The molecule has 0 bridgehead atoms. The van der Waals surface area contributed by atoms with Crippen LogP contribution in [0.25, 0.3) is 11.3 Å². The number of carbonyl (C=O) groups excluding carboxylic acids is 1. The highest BCUT2D eigenvalue weighted by Gasteiger charge is 2.34. The number of nitrogens with zero attached hydrogens (tertiary/aromatic N) is 6. The van der Waals surface area contributed by atoms with Gasteiger partial charge in [0.2, 0.25) is 0 Å². The highest BCUT2D eigenvalue weighted by Crippen LogP contribution is 2.37. The molecule has 4 heterocycles. The Morgan fingerprint density at radius 2 is 1.97 bits per heavy atom. The van der Waals surface area contributed by atoms with E-state index in [4.69, 9.17) is 14.5 Å². The van der Waals surface area contributed by atoms with E-state index in [1.807, 2.05) is 44.2 Å². The van der Waals surface area contributed by atoms with Gasteiger partial charge >= 0.3 is 0 Å².